The largest absolute Gasteiger partial charge is 0.457 e. The highest BCUT2D eigenvalue weighted by Gasteiger charge is 2.06. The molecule has 0 saturated carbocycles. The molecule has 0 fully saturated rings. The molecule has 128 valence electrons. The van der Waals surface area contributed by atoms with Gasteiger partial charge in [0.2, 0.25) is 0 Å². The number of hydrogen-bond acceptors (Lipinski definition) is 4. The third kappa shape index (κ3) is 3.90. The Morgan fingerprint density at radius 2 is 1.65 bits per heavy atom. The summed E-state index contributed by atoms with van der Waals surface area (Å²) in [6.07, 6.45) is 0. The Hall–Kier alpha value is -3.18. The first-order valence-electron chi connectivity index (χ1n) is 8.08. The predicted octanol–water partition coefficient (Wildman–Crippen LogP) is 6.49. The van der Waals surface area contributed by atoms with Crippen molar-refractivity contribution in [3.8, 4) is 22.8 Å². The SMILES string of the molecule is Fc1cccc(-c2csc(Nc3cccc(Oc4ccccc4)c3)n2)c1. The van der Waals surface area contributed by atoms with Gasteiger partial charge in [0.05, 0.1) is 5.69 Å². The molecule has 0 amide bonds. The second-order valence-corrected chi connectivity index (χ2v) is 6.47. The molecule has 4 rings (SSSR count). The maximum atomic E-state index is 13.4. The zero-order valence-electron chi connectivity index (χ0n) is 13.7. The molecular formula is C21H15FN2OS. The van der Waals surface area contributed by atoms with Crippen molar-refractivity contribution in [3.05, 3.63) is 90.1 Å². The van der Waals surface area contributed by atoms with Gasteiger partial charge in [-0.25, -0.2) is 9.37 Å². The van der Waals surface area contributed by atoms with Crippen molar-refractivity contribution in [1.29, 1.82) is 0 Å². The number of thiazole rings is 1. The van der Waals surface area contributed by atoms with E-state index < -0.39 is 0 Å². The Balaban J connectivity index is 1.50. The number of benzene rings is 3. The van der Waals surface area contributed by atoms with E-state index in [9.17, 15) is 4.39 Å². The fourth-order valence-electron chi connectivity index (χ4n) is 2.50. The highest BCUT2D eigenvalue weighted by Crippen LogP contribution is 2.29. The quantitative estimate of drug-likeness (QED) is 0.441. The summed E-state index contributed by atoms with van der Waals surface area (Å²) in [4.78, 5) is 4.53. The van der Waals surface area contributed by atoms with Gasteiger partial charge in [-0.1, -0.05) is 36.4 Å². The fraction of sp³-hybridized carbons (Fsp3) is 0. The third-order valence-corrected chi connectivity index (χ3v) is 4.45. The van der Waals surface area contributed by atoms with Crippen LogP contribution in [-0.2, 0) is 0 Å². The molecular weight excluding hydrogens is 347 g/mol. The molecule has 4 aromatic rings. The zero-order valence-corrected chi connectivity index (χ0v) is 14.5. The van der Waals surface area contributed by atoms with Crippen LogP contribution in [0.25, 0.3) is 11.3 Å². The lowest BCUT2D eigenvalue weighted by atomic mass is 10.2. The van der Waals surface area contributed by atoms with E-state index in [0.29, 0.717) is 0 Å². The maximum Gasteiger partial charge on any atom is 0.187 e. The molecule has 0 aliphatic heterocycles. The Kier molecular flexibility index (Phi) is 4.62. The number of anilines is 2. The summed E-state index contributed by atoms with van der Waals surface area (Å²) in [6, 6.07) is 23.7. The average Bonchev–Trinajstić information content (AvgIpc) is 3.11. The van der Waals surface area contributed by atoms with Gasteiger partial charge in [-0.2, -0.15) is 0 Å². The smallest absolute Gasteiger partial charge is 0.187 e. The summed E-state index contributed by atoms with van der Waals surface area (Å²) in [5.74, 6) is 1.26. The second kappa shape index (κ2) is 7.37. The highest BCUT2D eigenvalue weighted by atomic mass is 32.1. The number of hydrogen-bond donors (Lipinski definition) is 1. The molecule has 5 heteroatoms. The van der Waals surface area contributed by atoms with E-state index in [1.54, 1.807) is 6.07 Å². The fourth-order valence-corrected chi connectivity index (χ4v) is 3.24. The molecule has 0 radical (unpaired) electrons. The summed E-state index contributed by atoms with van der Waals surface area (Å²) < 4.78 is 19.2. The van der Waals surface area contributed by atoms with E-state index in [1.807, 2.05) is 66.0 Å². The molecule has 0 atom stereocenters. The van der Waals surface area contributed by atoms with Crippen LogP contribution in [0.4, 0.5) is 15.2 Å². The molecule has 0 aliphatic carbocycles. The number of nitrogens with one attached hydrogen (secondary N) is 1. The van der Waals surface area contributed by atoms with E-state index in [0.717, 1.165) is 33.6 Å². The number of para-hydroxylation sites is 1. The van der Waals surface area contributed by atoms with Gasteiger partial charge in [-0.3, -0.25) is 0 Å². The van der Waals surface area contributed by atoms with Crippen molar-refractivity contribution in [2.45, 2.75) is 0 Å². The number of ether oxygens (including phenoxy) is 1. The number of nitrogens with zero attached hydrogens (tertiary/aromatic N) is 1. The number of halogens is 1. The summed E-state index contributed by atoms with van der Waals surface area (Å²) in [7, 11) is 0. The van der Waals surface area contributed by atoms with Gasteiger partial charge in [0, 0.05) is 22.7 Å². The Morgan fingerprint density at radius 3 is 2.50 bits per heavy atom. The van der Waals surface area contributed by atoms with E-state index >= 15 is 0 Å². The van der Waals surface area contributed by atoms with Crippen LogP contribution in [0.2, 0.25) is 0 Å². The Bertz CT molecular complexity index is 1020. The summed E-state index contributed by atoms with van der Waals surface area (Å²) in [6.45, 7) is 0. The van der Waals surface area contributed by atoms with Crippen LogP contribution in [0, 0.1) is 5.82 Å². The first kappa shape index (κ1) is 16.3. The normalized spacial score (nSPS) is 10.5. The van der Waals surface area contributed by atoms with E-state index in [2.05, 4.69) is 10.3 Å². The molecule has 0 bridgehead atoms. The van der Waals surface area contributed by atoms with Crippen molar-refractivity contribution >= 4 is 22.2 Å². The number of rotatable bonds is 5. The predicted molar refractivity (Wildman–Crippen MR) is 104 cm³/mol. The van der Waals surface area contributed by atoms with Gasteiger partial charge in [-0.05, 0) is 36.4 Å². The minimum atomic E-state index is -0.268. The first-order chi connectivity index (χ1) is 12.8. The van der Waals surface area contributed by atoms with Crippen LogP contribution in [-0.4, -0.2) is 4.98 Å². The summed E-state index contributed by atoms with van der Waals surface area (Å²) in [5, 5.41) is 5.91. The van der Waals surface area contributed by atoms with Crippen molar-refractivity contribution in [2.75, 3.05) is 5.32 Å². The van der Waals surface area contributed by atoms with Crippen LogP contribution in [0.3, 0.4) is 0 Å². The van der Waals surface area contributed by atoms with Crippen molar-refractivity contribution in [1.82, 2.24) is 4.98 Å². The Morgan fingerprint density at radius 1 is 0.846 bits per heavy atom. The molecule has 3 aromatic carbocycles. The highest BCUT2D eigenvalue weighted by molar-refractivity contribution is 7.14. The standard InChI is InChI=1S/C21H15FN2OS/c22-16-7-4-6-15(12-16)20-14-26-21(24-20)23-17-8-5-11-19(13-17)25-18-9-2-1-3-10-18/h1-14H,(H,23,24). The monoisotopic (exact) mass is 362 g/mol. The third-order valence-electron chi connectivity index (χ3n) is 3.69. The lowest BCUT2D eigenvalue weighted by Gasteiger charge is -2.08. The topological polar surface area (TPSA) is 34.1 Å². The summed E-state index contributed by atoms with van der Waals surface area (Å²) >= 11 is 1.47. The molecule has 1 heterocycles. The van der Waals surface area contributed by atoms with Crippen LogP contribution < -0.4 is 10.1 Å². The molecule has 0 aliphatic rings. The van der Waals surface area contributed by atoms with Gasteiger partial charge in [-0.15, -0.1) is 11.3 Å². The maximum absolute atomic E-state index is 13.4. The van der Waals surface area contributed by atoms with E-state index in [4.69, 9.17) is 4.74 Å². The van der Waals surface area contributed by atoms with Gasteiger partial charge in [0.15, 0.2) is 5.13 Å². The van der Waals surface area contributed by atoms with Crippen LogP contribution in [0.1, 0.15) is 0 Å². The van der Waals surface area contributed by atoms with Crippen LogP contribution in [0.5, 0.6) is 11.5 Å². The minimum absolute atomic E-state index is 0.268. The number of aromatic nitrogens is 1. The van der Waals surface area contributed by atoms with Crippen molar-refractivity contribution in [2.24, 2.45) is 0 Å². The minimum Gasteiger partial charge on any atom is -0.457 e. The molecule has 1 N–H and O–H groups in total. The Labute approximate surface area is 154 Å². The molecule has 3 nitrogen and oxygen atoms in total. The lowest BCUT2D eigenvalue weighted by molar-refractivity contribution is 0.483. The van der Waals surface area contributed by atoms with E-state index in [1.165, 1.54) is 23.5 Å². The van der Waals surface area contributed by atoms with Gasteiger partial charge >= 0.3 is 0 Å². The van der Waals surface area contributed by atoms with Crippen molar-refractivity contribution < 1.29 is 9.13 Å². The molecule has 1 aromatic heterocycles. The molecule has 0 saturated heterocycles. The average molecular weight is 362 g/mol. The van der Waals surface area contributed by atoms with Gasteiger partial charge < -0.3 is 10.1 Å². The molecule has 0 spiro atoms. The zero-order chi connectivity index (χ0) is 17.8. The molecule has 0 unspecified atom stereocenters. The van der Waals surface area contributed by atoms with Gasteiger partial charge in [0.1, 0.15) is 17.3 Å². The van der Waals surface area contributed by atoms with Crippen LogP contribution in [0.15, 0.2) is 84.2 Å². The summed E-state index contributed by atoms with van der Waals surface area (Å²) in [5.41, 5.74) is 2.38. The van der Waals surface area contributed by atoms with Gasteiger partial charge in [0.25, 0.3) is 0 Å². The van der Waals surface area contributed by atoms with Crippen molar-refractivity contribution in [3.63, 3.8) is 0 Å². The van der Waals surface area contributed by atoms with E-state index in [-0.39, 0.29) is 5.82 Å². The second-order valence-electron chi connectivity index (χ2n) is 5.62. The molecule has 26 heavy (non-hydrogen) atoms. The lowest BCUT2D eigenvalue weighted by Crippen LogP contribution is -1.91. The van der Waals surface area contributed by atoms with Crippen LogP contribution >= 0.6 is 11.3 Å². The first-order valence-corrected chi connectivity index (χ1v) is 8.96.